The number of nitrogens with zero attached hydrogens (tertiary/aromatic N) is 3. The van der Waals surface area contributed by atoms with Gasteiger partial charge >= 0.3 is 0 Å². The Hall–Kier alpha value is -2.51. The second-order valence-corrected chi connectivity index (χ2v) is 7.66. The first-order chi connectivity index (χ1) is 13.1. The summed E-state index contributed by atoms with van der Waals surface area (Å²) >= 11 is 7.45. The predicted molar refractivity (Wildman–Crippen MR) is 106 cm³/mol. The van der Waals surface area contributed by atoms with Gasteiger partial charge in [-0.3, -0.25) is 4.79 Å². The van der Waals surface area contributed by atoms with Crippen LogP contribution in [0.5, 0.6) is 0 Å². The van der Waals surface area contributed by atoms with Crippen LogP contribution in [0, 0.1) is 5.82 Å². The van der Waals surface area contributed by atoms with Gasteiger partial charge in [-0.1, -0.05) is 17.7 Å². The van der Waals surface area contributed by atoms with Crippen LogP contribution >= 0.6 is 22.9 Å². The molecule has 2 aromatic heterocycles. The van der Waals surface area contributed by atoms with E-state index >= 15 is 0 Å². The molecule has 3 heterocycles. The minimum Gasteiger partial charge on any atom is -0.340 e. The molecule has 0 atom stereocenters. The van der Waals surface area contributed by atoms with Gasteiger partial charge in [0, 0.05) is 17.1 Å². The summed E-state index contributed by atoms with van der Waals surface area (Å²) in [7, 11) is 0. The molecule has 8 heteroatoms. The molecule has 4 rings (SSSR count). The summed E-state index contributed by atoms with van der Waals surface area (Å²) in [5.74, 6) is 0.216. The van der Waals surface area contributed by atoms with Crippen molar-refractivity contribution < 1.29 is 9.18 Å². The summed E-state index contributed by atoms with van der Waals surface area (Å²) in [4.78, 5) is 24.7. The fraction of sp³-hybridized carbons (Fsp3) is 0.211. The van der Waals surface area contributed by atoms with E-state index in [0.717, 1.165) is 27.1 Å². The molecule has 1 amide bonds. The summed E-state index contributed by atoms with van der Waals surface area (Å²) in [6, 6.07) is 4.46. The van der Waals surface area contributed by atoms with E-state index in [0.29, 0.717) is 24.6 Å². The van der Waals surface area contributed by atoms with Gasteiger partial charge in [-0.15, -0.1) is 11.3 Å². The lowest BCUT2D eigenvalue weighted by Crippen LogP contribution is -2.34. The van der Waals surface area contributed by atoms with Crippen LogP contribution in [0.25, 0.3) is 10.2 Å². The second kappa shape index (κ2) is 7.25. The Morgan fingerprint density at radius 2 is 2.26 bits per heavy atom. The molecule has 1 aliphatic heterocycles. The first-order valence-electron chi connectivity index (χ1n) is 8.45. The van der Waals surface area contributed by atoms with Crippen LogP contribution in [0.1, 0.15) is 17.4 Å². The molecule has 138 valence electrons. The summed E-state index contributed by atoms with van der Waals surface area (Å²) in [5.41, 5.74) is 1.82. The van der Waals surface area contributed by atoms with Gasteiger partial charge in [0.15, 0.2) is 0 Å². The summed E-state index contributed by atoms with van der Waals surface area (Å²) < 4.78 is 13.4. The van der Waals surface area contributed by atoms with Crippen LogP contribution in [-0.2, 0) is 17.8 Å². The predicted octanol–water partition coefficient (Wildman–Crippen LogP) is 4.69. The van der Waals surface area contributed by atoms with Gasteiger partial charge in [-0.25, -0.2) is 14.4 Å². The Labute approximate surface area is 164 Å². The average molecular weight is 403 g/mol. The van der Waals surface area contributed by atoms with Gasteiger partial charge in [0.05, 0.1) is 17.0 Å². The molecule has 0 radical (unpaired) electrons. The molecule has 0 saturated heterocycles. The maximum Gasteiger partial charge on any atom is 0.246 e. The quantitative estimate of drug-likeness (QED) is 0.646. The zero-order valence-electron chi connectivity index (χ0n) is 14.5. The van der Waals surface area contributed by atoms with Gasteiger partial charge in [-0.2, -0.15) is 0 Å². The smallest absolute Gasteiger partial charge is 0.246 e. The van der Waals surface area contributed by atoms with Crippen molar-refractivity contribution in [3.8, 4) is 0 Å². The molecular formula is C19H16ClFN4OS. The van der Waals surface area contributed by atoms with Crippen LogP contribution < -0.4 is 5.32 Å². The number of nitrogens with one attached hydrogen (secondary N) is 1. The molecule has 0 aliphatic carbocycles. The zero-order valence-corrected chi connectivity index (χ0v) is 16.1. The van der Waals surface area contributed by atoms with Gasteiger partial charge < -0.3 is 10.2 Å². The van der Waals surface area contributed by atoms with Crippen molar-refractivity contribution in [3.63, 3.8) is 0 Å². The molecular weight excluding hydrogens is 387 g/mol. The summed E-state index contributed by atoms with van der Waals surface area (Å²) in [5, 5.41) is 4.22. The van der Waals surface area contributed by atoms with Crippen LogP contribution in [0.3, 0.4) is 0 Å². The number of hydrogen-bond donors (Lipinski definition) is 1. The average Bonchev–Trinajstić information content (AvgIpc) is 3.03. The number of benzene rings is 1. The van der Waals surface area contributed by atoms with E-state index in [1.807, 2.05) is 11.8 Å². The standard InChI is InChI=1S/C19H16ClFN4OS/c1-2-3-16(26)25-7-6-12-15(9-25)27-19-17(12)18(22-10-23-19)24-11-4-5-14(21)13(20)8-11/h2-5,8,10H,6-7,9H2,1H3,(H,22,23,24)/b3-2+. The minimum absolute atomic E-state index is 0.0194. The SMILES string of the molecule is C/C=C/C(=O)N1CCc2c(sc3ncnc(Nc4ccc(F)c(Cl)c4)c23)C1. The third-order valence-corrected chi connectivity index (χ3v) is 5.85. The van der Waals surface area contributed by atoms with E-state index in [-0.39, 0.29) is 10.9 Å². The van der Waals surface area contributed by atoms with Crippen molar-refractivity contribution in [3.05, 3.63) is 58.0 Å². The molecule has 1 aromatic carbocycles. The maximum absolute atomic E-state index is 13.4. The highest BCUT2D eigenvalue weighted by Crippen LogP contribution is 2.38. The number of carbonyl (C=O) groups is 1. The lowest BCUT2D eigenvalue weighted by molar-refractivity contribution is -0.126. The van der Waals surface area contributed by atoms with Crippen LogP contribution in [0.15, 0.2) is 36.7 Å². The molecule has 27 heavy (non-hydrogen) atoms. The van der Waals surface area contributed by atoms with E-state index in [2.05, 4.69) is 15.3 Å². The lowest BCUT2D eigenvalue weighted by atomic mass is 10.0. The third-order valence-electron chi connectivity index (χ3n) is 4.44. The molecule has 0 spiro atoms. The monoisotopic (exact) mass is 402 g/mol. The van der Waals surface area contributed by atoms with Gasteiger partial charge in [0.1, 0.15) is 22.8 Å². The Morgan fingerprint density at radius 1 is 1.41 bits per heavy atom. The number of fused-ring (bicyclic) bond motifs is 3. The maximum atomic E-state index is 13.4. The highest BCUT2D eigenvalue weighted by Gasteiger charge is 2.25. The number of thiophene rings is 1. The Morgan fingerprint density at radius 3 is 3.04 bits per heavy atom. The first-order valence-corrected chi connectivity index (χ1v) is 9.65. The molecule has 5 nitrogen and oxygen atoms in total. The van der Waals surface area contributed by atoms with Crippen molar-refractivity contribution in [2.24, 2.45) is 0 Å². The highest BCUT2D eigenvalue weighted by atomic mass is 35.5. The van der Waals surface area contributed by atoms with Crippen LogP contribution in [0.2, 0.25) is 5.02 Å². The number of halogens is 2. The molecule has 0 fully saturated rings. The van der Waals surface area contributed by atoms with Crippen molar-refractivity contribution in [2.45, 2.75) is 19.9 Å². The molecule has 3 aromatic rings. The van der Waals surface area contributed by atoms with Gasteiger partial charge in [0.2, 0.25) is 5.91 Å². The number of hydrogen-bond acceptors (Lipinski definition) is 5. The Balaban J connectivity index is 1.70. The minimum atomic E-state index is -0.464. The van der Waals surface area contributed by atoms with Gasteiger partial charge in [-0.05, 0) is 43.2 Å². The largest absolute Gasteiger partial charge is 0.340 e. The normalized spacial score (nSPS) is 14.0. The second-order valence-electron chi connectivity index (χ2n) is 6.17. The Bertz CT molecular complexity index is 1070. The molecule has 0 saturated carbocycles. The van der Waals surface area contributed by atoms with E-state index in [1.54, 1.807) is 29.6 Å². The number of allylic oxidation sites excluding steroid dienone is 1. The summed E-state index contributed by atoms with van der Waals surface area (Å²) in [6.45, 7) is 3.06. The summed E-state index contributed by atoms with van der Waals surface area (Å²) in [6.07, 6.45) is 5.58. The topological polar surface area (TPSA) is 58.1 Å². The van der Waals surface area contributed by atoms with E-state index in [1.165, 1.54) is 18.5 Å². The Kier molecular flexibility index (Phi) is 4.80. The van der Waals surface area contributed by atoms with Crippen LogP contribution in [-0.4, -0.2) is 27.3 Å². The van der Waals surface area contributed by atoms with Crippen LogP contribution in [0.4, 0.5) is 15.9 Å². The number of carbonyl (C=O) groups excluding carboxylic acids is 1. The fourth-order valence-corrected chi connectivity index (χ4v) is 4.55. The van der Waals surface area contributed by atoms with Crippen molar-refractivity contribution in [1.82, 2.24) is 14.9 Å². The van der Waals surface area contributed by atoms with Gasteiger partial charge in [0.25, 0.3) is 0 Å². The van der Waals surface area contributed by atoms with E-state index in [4.69, 9.17) is 11.6 Å². The lowest BCUT2D eigenvalue weighted by Gasteiger charge is -2.26. The molecule has 1 aliphatic rings. The van der Waals surface area contributed by atoms with Crippen molar-refractivity contribution in [2.75, 3.05) is 11.9 Å². The number of anilines is 2. The number of amides is 1. The third kappa shape index (κ3) is 3.40. The fourth-order valence-electron chi connectivity index (χ4n) is 3.17. The molecule has 0 bridgehead atoms. The number of aromatic nitrogens is 2. The molecule has 1 N–H and O–H groups in total. The van der Waals surface area contributed by atoms with E-state index in [9.17, 15) is 9.18 Å². The van der Waals surface area contributed by atoms with Crippen molar-refractivity contribution in [1.29, 1.82) is 0 Å². The number of rotatable bonds is 3. The van der Waals surface area contributed by atoms with E-state index < -0.39 is 5.82 Å². The highest BCUT2D eigenvalue weighted by molar-refractivity contribution is 7.19. The van der Waals surface area contributed by atoms with Crippen molar-refractivity contribution >= 4 is 50.6 Å². The first kappa shape index (κ1) is 17.9. The molecule has 0 unspecified atom stereocenters. The zero-order chi connectivity index (χ0) is 19.0.